The lowest BCUT2D eigenvalue weighted by Gasteiger charge is -2.21. The van der Waals surface area contributed by atoms with Gasteiger partial charge in [-0.25, -0.2) is 14.0 Å². The minimum atomic E-state index is -0.715. The summed E-state index contributed by atoms with van der Waals surface area (Å²) < 4.78 is 36.5. The number of rotatable bonds is 4. The summed E-state index contributed by atoms with van der Waals surface area (Å²) in [5, 5.41) is 2.49. The lowest BCUT2D eigenvalue weighted by atomic mass is 9.92. The number of alkyl carbamates (subject to hydrolysis) is 1. The Balaban J connectivity index is 1.41. The Morgan fingerprint density at radius 2 is 1.97 bits per heavy atom. The minimum absolute atomic E-state index is 0.122. The van der Waals surface area contributed by atoms with Gasteiger partial charge >= 0.3 is 12.2 Å². The molecule has 0 aliphatic carbocycles. The number of carbonyl (C=O) groups excluding carboxylic acids is 2. The van der Waals surface area contributed by atoms with Gasteiger partial charge in [0.1, 0.15) is 11.9 Å². The third-order valence-electron chi connectivity index (χ3n) is 6.13. The third-order valence-corrected chi connectivity index (χ3v) is 7.51. The molecule has 1 N–H and O–H groups in total. The van der Waals surface area contributed by atoms with Gasteiger partial charge in [0.2, 0.25) is 0 Å². The smallest absolute Gasteiger partial charge is 0.414 e. The largest absolute Gasteiger partial charge is 0.453 e. The van der Waals surface area contributed by atoms with E-state index in [4.69, 9.17) is 4.74 Å². The quantitative estimate of drug-likeness (QED) is 0.773. The Labute approximate surface area is 177 Å². The van der Waals surface area contributed by atoms with Crippen LogP contribution in [0.15, 0.2) is 18.2 Å². The van der Waals surface area contributed by atoms with Crippen LogP contribution in [0.4, 0.5) is 25.4 Å². The van der Waals surface area contributed by atoms with E-state index >= 15 is 0 Å². The van der Waals surface area contributed by atoms with E-state index in [1.54, 1.807) is 12.1 Å². The van der Waals surface area contributed by atoms with Gasteiger partial charge in [0.05, 0.1) is 31.6 Å². The number of nitrogens with zero attached hydrogens (tertiary/aromatic N) is 2. The maximum Gasteiger partial charge on any atom is 0.414 e. The Morgan fingerprint density at radius 1 is 1.27 bits per heavy atom. The van der Waals surface area contributed by atoms with Crippen molar-refractivity contribution in [2.45, 2.75) is 18.9 Å². The second kappa shape index (κ2) is 8.79. The van der Waals surface area contributed by atoms with Crippen LogP contribution in [0.2, 0.25) is 0 Å². The van der Waals surface area contributed by atoms with Crippen molar-refractivity contribution < 1.29 is 27.7 Å². The highest BCUT2D eigenvalue weighted by Crippen LogP contribution is 2.36. The number of hydrogen-bond donors (Lipinski definition) is 1. The molecule has 3 fully saturated rings. The Morgan fingerprint density at radius 3 is 2.60 bits per heavy atom. The van der Waals surface area contributed by atoms with Crippen molar-refractivity contribution in [2.75, 3.05) is 54.6 Å². The molecule has 3 saturated heterocycles. The molecule has 164 valence electrons. The summed E-state index contributed by atoms with van der Waals surface area (Å²) in [6.07, 6.45) is 0.140. The number of anilines is 2. The number of amides is 2. The van der Waals surface area contributed by atoms with Gasteiger partial charge in [0.25, 0.3) is 0 Å². The van der Waals surface area contributed by atoms with Crippen LogP contribution in [0, 0.1) is 17.7 Å². The molecule has 8 nitrogen and oxygen atoms in total. The zero-order valence-electron chi connectivity index (χ0n) is 16.8. The molecular weight excluding hydrogens is 413 g/mol. The maximum atomic E-state index is 15.0. The van der Waals surface area contributed by atoms with E-state index in [1.807, 2.05) is 0 Å². The number of ether oxygens (including phenoxy) is 2. The topological polar surface area (TPSA) is 88.2 Å². The van der Waals surface area contributed by atoms with E-state index in [0.29, 0.717) is 23.2 Å². The molecule has 0 radical (unpaired) electrons. The summed E-state index contributed by atoms with van der Waals surface area (Å²) in [4.78, 5) is 26.8. The zero-order valence-corrected chi connectivity index (χ0v) is 17.7. The summed E-state index contributed by atoms with van der Waals surface area (Å²) in [7, 11) is 0.539. The number of hydrogen-bond acceptors (Lipinski definition) is 6. The van der Waals surface area contributed by atoms with Crippen molar-refractivity contribution in [1.82, 2.24) is 5.32 Å². The molecule has 4 rings (SSSR count). The Kier molecular flexibility index (Phi) is 6.12. The molecule has 0 spiro atoms. The number of carbonyl (C=O) groups is 2. The first kappa shape index (κ1) is 20.9. The van der Waals surface area contributed by atoms with E-state index in [2.05, 4.69) is 15.0 Å². The van der Waals surface area contributed by atoms with Gasteiger partial charge < -0.3 is 19.7 Å². The molecule has 10 heteroatoms. The highest BCUT2D eigenvalue weighted by molar-refractivity contribution is 7.84. The Hall–Kier alpha value is -2.36. The molecule has 3 aliphatic rings. The monoisotopic (exact) mass is 439 g/mol. The molecule has 3 heterocycles. The van der Waals surface area contributed by atoms with E-state index in [0.717, 1.165) is 37.4 Å². The minimum Gasteiger partial charge on any atom is -0.453 e. The van der Waals surface area contributed by atoms with Crippen molar-refractivity contribution in [3.8, 4) is 0 Å². The van der Waals surface area contributed by atoms with E-state index in [-0.39, 0.29) is 18.9 Å². The van der Waals surface area contributed by atoms with Crippen molar-refractivity contribution >= 4 is 34.4 Å². The molecule has 3 aliphatic heterocycles. The van der Waals surface area contributed by atoms with Gasteiger partial charge in [0, 0.05) is 35.4 Å². The number of nitrogens with one attached hydrogen (secondary N) is 1. The SMILES string of the molecule is COC(=O)NC[C@H]1CN(c2ccc(N3CC4CCS(=O)CCC4C3)c(F)c2)C(=O)O1. The van der Waals surface area contributed by atoms with Crippen molar-refractivity contribution in [2.24, 2.45) is 11.8 Å². The molecule has 2 unspecified atom stereocenters. The van der Waals surface area contributed by atoms with Crippen molar-refractivity contribution in [3.63, 3.8) is 0 Å². The first-order valence-corrected chi connectivity index (χ1v) is 11.6. The van der Waals surface area contributed by atoms with Gasteiger partial charge in [-0.2, -0.15) is 0 Å². The second-order valence-corrected chi connectivity index (χ2v) is 9.67. The number of benzene rings is 1. The summed E-state index contributed by atoms with van der Waals surface area (Å²) in [5.74, 6) is 2.00. The summed E-state index contributed by atoms with van der Waals surface area (Å²) >= 11 is 0. The molecule has 0 saturated carbocycles. The van der Waals surface area contributed by atoms with Crippen molar-refractivity contribution in [1.29, 1.82) is 0 Å². The summed E-state index contributed by atoms with van der Waals surface area (Å²) in [6, 6.07) is 4.79. The van der Waals surface area contributed by atoms with Gasteiger partial charge in [-0.15, -0.1) is 0 Å². The van der Waals surface area contributed by atoms with Crippen molar-refractivity contribution in [3.05, 3.63) is 24.0 Å². The first-order valence-electron chi connectivity index (χ1n) is 10.1. The van der Waals surface area contributed by atoms with E-state index in [1.165, 1.54) is 18.1 Å². The van der Waals surface area contributed by atoms with Gasteiger partial charge in [0.15, 0.2) is 0 Å². The number of fused-ring (bicyclic) bond motifs is 1. The van der Waals surface area contributed by atoms with Crippen LogP contribution in [0.5, 0.6) is 0 Å². The van der Waals surface area contributed by atoms with Crippen LogP contribution in [0.1, 0.15) is 12.8 Å². The molecule has 1 aromatic rings. The van der Waals surface area contributed by atoms with Gasteiger partial charge in [-0.1, -0.05) is 0 Å². The average Bonchev–Trinajstić information content (AvgIpc) is 3.27. The predicted molar refractivity (Wildman–Crippen MR) is 111 cm³/mol. The lowest BCUT2D eigenvalue weighted by Crippen LogP contribution is -2.34. The standard InChI is InChI=1S/C20H26FN3O5S/c1-28-19(25)22-9-16-12-24(20(26)29-16)15-2-3-18(17(21)8-15)23-10-13-4-6-30(27)7-5-14(13)11-23/h2-3,8,13-14,16H,4-7,9-12H2,1H3,(H,22,25)/t13?,14?,16-,30?/m0/s1. The summed E-state index contributed by atoms with van der Waals surface area (Å²) in [6.45, 7) is 1.87. The molecule has 0 aromatic heterocycles. The number of methoxy groups -OCH3 is 1. The average molecular weight is 440 g/mol. The highest BCUT2D eigenvalue weighted by atomic mass is 32.2. The van der Waals surface area contributed by atoms with Crippen LogP contribution in [-0.4, -0.2) is 67.3 Å². The molecule has 2 amide bonds. The lowest BCUT2D eigenvalue weighted by molar-refractivity contribution is 0.132. The third kappa shape index (κ3) is 4.38. The maximum absolute atomic E-state index is 15.0. The van der Waals surface area contributed by atoms with E-state index < -0.39 is 29.1 Å². The zero-order chi connectivity index (χ0) is 21.3. The molecule has 30 heavy (non-hydrogen) atoms. The molecular formula is C20H26FN3O5S. The Bertz CT molecular complexity index is 836. The van der Waals surface area contributed by atoms with Crippen LogP contribution >= 0.6 is 0 Å². The van der Waals surface area contributed by atoms with Crippen LogP contribution in [0.3, 0.4) is 0 Å². The van der Waals surface area contributed by atoms with Gasteiger partial charge in [-0.3, -0.25) is 9.11 Å². The fraction of sp³-hybridized carbons (Fsp3) is 0.600. The molecule has 1 aromatic carbocycles. The number of halogens is 1. The van der Waals surface area contributed by atoms with E-state index in [9.17, 15) is 18.2 Å². The normalized spacial score (nSPS) is 28.7. The van der Waals surface area contributed by atoms with Crippen LogP contribution < -0.4 is 15.1 Å². The molecule has 0 bridgehead atoms. The second-order valence-electron chi connectivity index (χ2n) is 7.98. The number of cyclic esters (lactones) is 1. The fourth-order valence-electron chi connectivity index (χ4n) is 4.49. The highest BCUT2D eigenvalue weighted by Gasteiger charge is 2.36. The predicted octanol–water partition coefficient (Wildman–Crippen LogP) is 2.10. The first-order chi connectivity index (χ1) is 14.4. The fourth-order valence-corrected chi connectivity index (χ4v) is 5.82. The van der Waals surface area contributed by atoms with Crippen LogP contribution in [0.25, 0.3) is 0 Å². The van der Waals surface area contributed by atoms with Gasteiger partial charge in [-0.05, 0) is 42.9 Å². The molecule has 3 atom stereocenters. The summed E-state index contributed by atoms with van der Waals surface area (Å²) in [5.41, 5.74) is 0.954. The van der Waals surface area contributed by atoms with Crippen LogP contribution in [-0.2, 0) is 20.3 Å².